The molecule has 27 heavy (non-hydrogen) atoms. The zero-order chi connectivity index (χ0) is 18.5. The molecule has 2 heterocycles. The lowest BCUT2D eigenvalue weighted by atomic mass is 10.1. The molecular formula is C21H19ClN4S. The SMILES string of the molecule is Clc1ccc(CCNc2nc(NCc3cccs3)c3ccccc3n2)cc1. The Morgan fingerprint density at radius 2 is 1.74 bits per heavy atom. The average Bonchev–Trinajstić information content (AvgIpc) is 3.21. The highest BCUT2D eigenvalue weighted by molar-refractivity contribution is 7.09. The molecule has 0 aliphatic rings. The molecule has 0 bridgehead atoms. The molecule has 0 aliphatic carbocycles. The van der Waals surface area contributed by atoms with Crippen LogP contribution in [0.5, 0.6) is 0 Å². The smallest absolute Gasteiger partial charge is 0.225 e. The van der Waals surface area contributed by atoms with Crippen LogP contribution in [0.1, 0.15) is 10.4 Å². The Hall–Kier alpha value is -2.63. The molecule has 0 radical (unpaired) electrons. The first-order valence-corrected chi connectivity index (χ1v) is 10.0. The Labute approximate surface area is 167 Å². The van der Waals surface area contributed by atoms with E-state index in [9.17, 15) is 0 Å². The Morgan fingerprint density at radius 1 is 0.889 bits per heavy atom. The van der Waals surface area contributed by atoms with Gasteiger partial charge in [0.25, 0.3) is 0 Å². The summed E-state index contributed by atoms with van der Waals surface area (Å²) in [6, 6.07) is 20.1. The second kappa shape index (κ2) is 8.37. The normalized spacial score (nSPS) is 10.9. The van der Waals surface area contributed by atoms with Gasteiger partial charge >= 0.3 is 0 Å². The highest BCUT2D eigenvalue weighted by atomic mass is 35.5. The fraction of sp³-hybridized carbons (Fsp3) is 0.143. The van der Waals surface area contributed by atoms with Gasteiger partial charge in [-0.15, -0.1) is 11.3 Å². The third kappa shape index (κ3) is 4.56. The van der Waals surface area contributed by atoms with Crippen molar-refractivity contribution in [2.75, 3.05) is 17.2 Å². The van der Waals surface area contributed by atoms with Crippen LogP contribution < -0.4 is 10.6 Å². The van der Waals surface area contributed by atoms with Crippen LogP contribution in [0.3, 0.4) is 0 Å². The molecular weight excluding hydrogens is 376 g/mol. The third-order valence-electron chi connectivity index (χ3n) is 4.22. The molecule has 0 aliphatic heterocycles. The molecule has 0 fully saturated rings. The molecule has 2 aromatic carbocycles. The predicted octanol–water partition coefficient (Wildman–Crippen LogP) is 5.61. The first-order chi connectivity index (χ1) is 13.3. The fourth-order valence-electron chi connectivity index (χ4n) is 2.84. The summed E-state index contributed by atoms with van der Waals surface area (Å²) in [4.78, 5) is 10.6. The van der Waals surface area contributed by atoms with Gasteiger partial charge < -0.3 is 10.6 Å². The van der Waals surface area contributed by atoms with Gasteiger partial charge in [0, 0.05) is 21.8 Å². The van der Waals surface area contributed by atoms with Crippen LogP contribution in [0, 0.1) is 0 Å². The molecule has 0 amide bonds. The number of nitrogens with zero attached hydrogens (tertiary/aromatic N) is 2. The van der Waals surface area contributed by atoms with Crippen LogP contribution in [-0.2, 0) is 13.0 Å². The molecule has 2 aromatic heterocycles. The summed E-state index contributed by atoms with van der Waals surface area (Å²) in [5.41, 5.74) is 2.15. The van der Waals surface area contributed by atoms with Crippen LogP contribution in [-0.4, -0.2) is 16.5 Å². The summed E-state index contributed by atoms with van der Waals surface area (Å²) in [6.45, 7) is 1.51. The topological polar surface area (TPSA) is 49.8 Å². The summed E-state index contributed by atoms with van der Waals surface area (Å²) in [5, 5.41) is 10.7. The molecule has 0 spiro atoms. The molecule has 6 heteroatoms. The molecule has 0 saturated carbocycles. The first-order valence-electron chi connectivity index (χ1n) is 8.79. The van der Waals surface area contributed by atoms with E-state index < -0.39 is 0 Å². The second-order valence-corrected chi connectivity index (χ2v) is 7.62. The number of benzene rings is 2. The first kappa shape index (κ1) is 17.8. The number of rotatable bonds is 7. The third-order valence-corrected chi connectivity index (χ3v) is 5.35. The van der Waals surface area contributed by atoms with Gasteiger partial charge in [-0.25, -0.2) is 4.98 Å². The van der Waals surface area contributed by atoms with Gasteiger partial charge in [-0.2, -0.15) is 4.98 Å². The van der Waals surface area contributed by atoms with E-state index in [1.54, 1.807) is 11.3 Å². The van der Waals surface area contributed by atoms with E-state index in [1.165, 1.54) is 10.4 Å². The minimum Gasteiger partial charge on any atom is -0.364 e. The van der Waals surface area contributed by atoms with Crippen molar-refractivity contribution in [1.82, 2.24) is 9.97 Å². The van der Waals surface area contributed by atoms with Gasteiger partial charge in [0.15, 0.2) is 0 Å². The van der Waals surface area contributed by atoms with E-state index in [1.807, 2.05) is 48.5 Å². The van der Waals surface area contributed by atoms with Crippen molar-refractivity contribution in [2.24, 2.45) is 0 Å². The van der Waals surface area contributed by atoms with E-state index in [0.717, 1.165) is 41.3 Å². The van der Waals surface area contributed by atoms with Crippen LogP contribution in [0.25, 0.3) is 10.9 Å². The summed E-state index contributed by atoms with van der Waals surface area (Å²) in [6.07, 6.45) is 0.880. The van der Waals surface area contributed by atoms with Crippen molar-refractivity contribution in [3.63, 3.8) is 0 Å². The molecule has 4 aromatic rings. The summed E-state index contributed by atoms with van der Waals surface area (Å²) >= 11 is 7.67. The lowest BCUT2D eigenvalue weighted by Gasteiger charge is -2.11. The van der Waals surface area contributed by atoms with Crippen molar-refractivity contribution in [3.8, 4) is 0 Å². The van der Waals surface area contributed by atoms with Crippen molar-refractivity contribution in [3.05, 3.63) is 81.5 Å². The van der Waals surface area contributed by atoms with Crippen molar-refractivity contribution < 1.29 is 0 Å². The molecule has 4 rings (SSSR count). The molecule has 0 unspecified atom stereocenters. The Morgan fingerprint density at radius 3 is 2.56 bits per heavy atom. The molecule has 2 N–H and O–H groups in total. The summed E-state index contributed by atoms with van der Waals surface area (Å²) in [7, 11) is 0. The van der Waals surface area contributed by atoms with E-state index in [-0.39, 0.29) is 0 Å². The Bertz CT molecular complexity index is 1020. The predicted molar refractivity (Wildman–Crippen MR) is 115 cm³/mol. The zero-order valence-electron chi connectivity index (χ0n) is 14.7. The number of hydrogen-bond donors (Lipinski definition) is 2. The number of halogens is 1. The number of fused-ring (bicyclic) bond motifs is 1. The number of aromatic nitrogens is 2. The molecule has 136 valence electrons. The standard InChI is InChI=1S/C21H19ClN4S/c22-16-9-7-15(8-10-16)11-12-23-21-25-19-6-2-1-5-18(19)20(26-21)24-14-17-4-3-13-27-17/h1-10,13H,11-12,14H2,(H2,23,24,25,26). The van der Waals surface area contributed by atoms with E-state index >= 15 is 0 Å². The highest BCUT2D eigenvalue weighted by Crippen LogP contribution is 2.23. The summed E-state index contributed by atoms with van der Waals surface area (Å²) < 4.78 is 0. The maximum absolute atomic E-state index is 5.94. The van der Waals surface area contributed by atoms with Gasteiger partial charge in [-0.3, -0.25) is 0 Å². The quantitative estimate of drug-likeness (QED) is 0.427. The molecule has 0 saturated heterocycles. The number of hydrogen-bond acceptors (Lipinski definition) is 5. The Kier molecular flexibility index (Phi) is 5.51. The second-order valence-electron chi connectivity index (χ2n) is 6.15. The monoisotopic (exact) mass is 394 g/mol. The average molecular weight is 395 g/mol. The van der Waals surface area contributed by atoms with Crippen molar-refractivity contribution in [1.29, 1.82) is 0 Å². The Balaban J connectivity index is 1.49. The van der Waals surface area contributed by atoms with Crippen molar-refractivity contribution in [2.45, 2.75) is 13.0 Å². The maximum atomic E-state index is 5.94. The van der Waals surface area contributed by atoms with Gasteiger partial charge in [0.1, 0.15) is 5.82 Å². The van der Waals surface area contributed by atoms with Crippen LogP contribution >= 0.6 is 22.9 Å². The zero-order valence-corrected chi connectivity index (χ0v) is 16.2. The van der Waals surface area contributed by atoms with Crippen LogP contribution in [0.2, 0.25) is 5.02 Å². The van der Waals surface area contributed by atoms with Gasteiger partial charge in [-0.1, -0.05) is 41.9 Å². The van der Waals surface area contributed by atoms with Crippen LogP contribution in [0.15, 0.2) is 66.0 Å². The maximum Gasteiger partial charge on any atom is 0.225 e. The lowest BCUT2D eigenvalue weighted by Crippen LogP contribution is -2.10. The van der Waals surface area contributed by atoms with E-state index in [0.29, 0.717) is 5.95 Å². The van der Waals surface area contributed by atoms with Crippen LogP contribution in [0.4, 0.5) is 11.8 Å². The lowest BCUT2D eigenvalue weighted by molar-refractivity contribution is 0.988. The molecule has 4 nitrogen and oxygen atoms in total. The highest BCUT2D eigenvalue weighted by Gasteiger charge is 2.07. The van der Waals surface area contributed by atoms with Crippen molar-refractivity contribution >= 4 is 45.6 Å². The number of thiophene rings is 1. The number of anilines is 2. The summed E-state index contributed by atoms with van der Waals surface area (Å²) in [5.74, 6) is 1.49. The minimum absolute atomic E-state index is 0.636. The van der Waals surface area contributed by atoms with Gasteiger partial charge in [0.05, 0.1) is 12.1 Å². The molecule has 0 atom stereocenters. The number of para-hydroxylation sites is 1. The fourth-order valence-corrected chi connectivity index (χ4v) is 3.61. The van der Waals surface area contributed by atoms with E-state index in [2.05, 4.69) is 33.1 Å². The largest absolute Gasteiger partial charge is 0.364 e. The van der Waals surface area contributed by atoms with Gasteiger partial charge in [0.2, 0.25) is 5.95 Å². The number of nitrogens with one attached hydrogen (secondary N) is 2. The van der Waals surface area contributed by atoms with E-state index in [4.69, 9.17) is 16.6 Å². The van der Waals surface area contributed by atoms with Gasteiger partial charge in [-0.05, 0) is 47.7 Å². The minimum atomic E-state index is 0.636.